The first-order chi connectivity index (χ1) is 10.2. The van der Waals surface area contributed by atoms with Crippen molar-refractivity contribution in [2.75, 3.05) is 30.4 Å². The van der Waals surface area contributed by atoms with E-state index in [1.807, 2.05) is 0 Å². The molecule has 0 radical (unpaired) electrons. The molecule has 0 bridgehead atoms. The van der Waals surface area contributed by atoms with Gasteiger partial charge in [-0.15, -0.1) is 0 Å². The Morgan fingerprint density at radius 3 is 2.71 bits per heavy atom. The quantitative estimate of drug-likeness (QED) is 0.807. The van der Waals surface area contributed by atoms with Gasteiger partial charge in [0.1, 0.15) is 17.5 Å². The third-order valence-corrected chi connectivity index (χ3v) is 4.36. The summed E-state index contributed by atoms with van der Waals surface area (Å²) in [5.41, 5.74) is 0. The van der Waals surface area contributed by atoms with E-state index in [0.29, 0.717) is 11.8 Å². The molecule has 5 heteroatoms. The van der Waals surface area contributed by atoms with Crippen molar-refractivity contribution in [3.05, 3.63) is 11.9 Å². The maximum atomic E-state index is 9.41. The molecular formula is C16H26N4O. The van der Waals surface area contributed by atoms with Gasteiger partial charge in [0.05, 0.1) is 6.10 Å². The van der Waals surface area contributed by atoms with Crippen molar-refractivity contribution >= 4 is 11.6 Å². The summed E-state index contributed by atoms with van der Waals surface area (Å²) in [6.45, 7) is 4.06. The summed E-state index contributed by atoms with van der Waals surface area (Å²) in [5, 5.41) is 12.8. The largest absolute Gasteiger partial charge is 0.393 e. The minimum absolute atomic E-state index is 0.0855. The molecule has 0 amide bonds. The zero-order chi connectivity index (χ0) is 14.8. The molecule has 116 valence electrons. The number of anilines is 2. The Kier molecular flexibility index (Phi) is 4.29. The van der Waals surface area contributed by atoms with E-state index in [9.17, 15) is 5.11 Å². The maximum absolute atomic E-state index is 9.41. The lowest BCUT2D eigenvalue weighted by Gasteiger charge is -2.34. The van der Waals surface area contributed by atoms with Crippen LogP contribution in [-0.2, 0) is 0 Å². The highest BCUT2D eigenvalue weighted by molar-refractivity contribution is 5.49. The number of nitrogens with one attached hydrogen (secondary N) is 1. The van der Waals surface area contributed by atoms with Crippen LogP contribution in [0.4, 0.5) is 11.6 Å². The van der Waals surface area contributed by atoms with Crippen molar-refractivity contribution < 1.29 is 5.11 Å². The van der Waals surface area contributed by atoms with E-state index in [2.05, 4.69) is 35.2 Å². The molecule has 0 aliphatic heterocycles. The molecule has 2 saturated carbocycles. The molecular weight excluding hydrogens is 264 g/mol. The molecule has 2 fully saturated rings. The fourth-order valence-corrected chi connectivity index (χ4v) is 2.85. The standard InChI is InChI=1S/C16H26N4O/c1-3-6-17-14-9-15(19-16(18-14)12-4-5-12)20(2)10-11-7-13(21)8-11/h9,11-13,21H,3-8,10H2,1-2H3,(H,17,18,19). The second kappa shape index (κ2) is 6.18. The Morgan fingerprint density at radius 2 is 2.10 bits per heavy atom. The fourth-order valence-electron chi connectivity index (χ4n) is 2.85. The molecule has 0 saturated heterocycles. The van der Waals surface area contributed by atoms with Crippen LogP contribution in [0.5, 0.6) is 0 Å². The molecule has 1 heterocycles. The molecule has 0 atom stereocenters. The van der Waals surface area contributed by atoms with Gasteiger partial charge in [0.15, 0.2) is 0 Å². The van der Waals surface area contributed by atoms with Crippen molar-refractivity contribution in [2.45, 2.75) is 51.0 Å². The Labute approximate surface area is 126 Å². The highest BCUT2D eigenvalue weighted by Gasteiger charge is 2.30. The van der Waals surface area contributed by atoms with Gasteiger partial charge in [-0.25, -0.2) is 9.97 Å². The van der Waals surface area contributed by atoms with E-state index >= 15 is 0 Å². The molecule has 21 heavy (non-hydrogen) atoms. The molecule has 0 unspecified atom stereocenters. The number of aromatic nitrogens is 2. The van der Waals surface area contributed by atoms with Crippen LogP contribution < -0.4 is 10.2 Å². The van der Waals surface area contributed by atoms with Crippen molar-refractivity contribution in [3.63, 3.8) is 0 Å². The number of hydrogen-bond donors (Lipinski definition) is 2. The van der Waals surface area contributed by atoms with E-state index in [-0.39, 0.29) is 6.10 Å². The van der Waals surface area contributed by atoms with Crippen molar-refractivity contribution in [3.8, 4) is 0 Å². The molecule has 2 aliphatic carbocycles. The Hall–Kier alpha value is -1.36. The molecule has 3 rings (SSSR count). The third-order valence-electron chi connectivity index (χ3n) is 4.36. The van der Waals surface area contributed by atoms with Gasteiger partial charge in [0.25, 0.3) is 0 Å². The summed E-state index contributed by atoms with van der Waals surface area (Å²) in [4.78, 5) is 11.6. The molecule has 1 aromatic rings. The minimum Gasteiger partial charge on any atom is -0.393 e. The van der Waals surface area contributed by atoms with Crippen LogP contribution in [-0.4, -0.2) is 41.3 Å². The first kappa shape index (κ1) is 14.6. The van der Waals surface area contributed by atoms with E-state index in [0.717, 1.165) is 49.8 Å². The first-order valence-corrected chi connectivity index (χ1v) is 8.17. The molecule has 5 nitrogen and oxygen atoms in total. The van der Waals surface area contributed by atoms with Gasteiger partial charge < -0.3 is 15.3 Å². The second-order valence-electron chi connectivity index (χ2n) is 6.54. The van der Waals surface area contributed by atoms with Gasteiger partial charge in [0.2, 0.25) is 0 Å². The average Bonchev–Trinajstić information content (AvgIpc) is 3.27. The predicted octanol–water partition coefficient (Wildman–Crippen LogP) is 2.38. The lowest BCUT2D eigenvalue weighted by molar-refractivity contribution is 0.0464. The monoisotopic (exact) mass is 290 g/mol. The van der Waals surface area contributed by atoms with E-state index in [4.69, 9.17) is 4.98 Å². The Bertz CT molecular complexity index is 483. The summed E-state index contributed by atoms with van der Waals surface area (Å²) in [6, 6.07) is 2.05. The van der Waals surface area contributed by atoms with Gasteiger partial charge in [-0.3, -0.25) is 0 Å². The molecule has 2 aliphatic rings. The average molecular weight is 290 g/mol. The summed E-state index contributed by atoms with van der Waals surface area (Å²) in [6.07, 6.45) is 5.29. The number of aliphatic hydroxyl groups is 1. The highest BCUT2D eigenvalue weighted by Crippen LogP contribution is 2.39. The van der Waals surface area contributed by atoms with Crippen LogP contribution in [0.3, 0.4) is 0 Å². The van der Waals surface area contributed by atoms with Crippen LogP contribution in [0, 0.1) is 5.92 Å². The van der Waals surface area contributed by atoms with Gasteiger partial charge in [-0.05, 0) is 38.0 Å². The van der Waals surface area contributed by atoms with E-state index in [1.165, 1.54) is 12.8 Å². The minimum atomic E-state index is -0.0855. The van der Waals surface area contributed by atoms with E-state index < -0.39 is 0 Å². The van der Waals surface area contributed by atoms with Crippen LogP contribution in [0.15, 0.2) is 6.07 Å². The van der Waals surface area contributed by atoms with E-state index in [1.54, 1.807) is 0 Å². The van der Waals surface area contributed by atoms with Gasteiger partial charge >= 0.3 is 0 Å². The summed E-state index contributed by atoms with van der Waals surface area (Å²) < 4.78 is 0. The lowest BCUT2D eigenvalue weighted by Crippen LogP contribution is -2.37. The van der Waals surface area contributed by atoms with Crippen molar-refractivity contribution in [2.24, 2.45) is 5.92 Å². The topological polar surface area (TPSA) is 61.3 Å². The van der Waals surface area contributed by atoms with Crippen LogP contribution >= 0.6 is 0 Å². The summed E-state index contributed by atoms with van der Waals surface area (Å²) in [7, 11) is 2.09. The van der Waals surface area contributed by atoms with Crippen molar-refractivity contribution in [1.82, 2.24) is 9.97 Å². The first-order valence-electron chi connectivity index (χ1n) is 8.17. The molecule has 0 aromatic carbocycles. The molecule has 2 N–H and O–H groups in total. The third kappa shape index (κ3) is 3.64. The van der Waals surface area contributed by atoms with Crippen LogP contribution in [0.2, 0.25) is 0 Å². The zero-order valence-corrected chi connectivity index (χ0v) is 13.0. The summed E-state index contributed by atoms with van der Waals surface area (Å²) >= 11 is 0. The predicted molar refractivity (Wildman–Crippen MR) is 84.8 cm³/mol. The summed E-state index contributed by atoms with van der Waals surface area (Å²) in [5.74, 6) is 4.10. The number of hydrogen-bond acceptors (Lipinski definition) is 5. The number of rotatable bonds is 7. The second-order valence-corrected chi connectivity index (χ2v) is 6.54. The Morgan fingerprint density at radius 1 is 1.33 bits per heavy atom. The fraction of sp³-hybridized carbons (Fsp3) is 0.750. The number of nitrogens with zero attached hydrogens (tertiary/aromatic N) is 3. The van der Waals surface area contributed by atoms with Gasteiger partial charge in [-0.1, -0.05) is 6.92 Å². The molecule has 1 aromatic heterocycles. The van der Waals surface area contributed by atoms with Gasteiger partial charge in [0, 0.05) is 32.1 Å². The normalized spacial score (nSPS) is 24.5. The zero-order valence-electron chi connectivity index (χ0n) is 13.0. The van der Waals surface area contributed by atoms with Crippen molar-refractivity contribution in [1.29, 1.82) is 0 Å². The maximum Gasteiger partial charge on any atom is 0.136 e. The van der Waals surface area contributed by atoms with Crippen LogP contribution in [0.1, 0.15) is 50.8 Å². The lowest BCUT2D eigenvalue weighted by atomic mass is 9.82. The molecule has 0 spiro atoms. The van der Waals surface area contributed by atoms with Crippen LogP contribution in [0.25, 0.3) is 0 Å². The smallest absolute Gasteiger partial charge is 0.136 e. The Balaban J connectivity index is 1.70. The SMILES string of the molecule is CCCNc1cc(N(C)CC2CC(O)C2)nc(C2CC2)n1. The highest BCUT2D eigenvalue weighted by atomic mass is 16.3. The number of aliphatic hydroxyl groups excluding tert-OH is 1. The van der Waals surface area contributed by atoms with Gasteiger partial charge in [-0.2, -0.15) is 0 Å².